The number of fused-ring (bicyclic) bond motifs is 3. The number of para-hydroxylation sites is 2. The fourth-order valence-electron chi connectivity index (χ4n) is 2.46. The Labute approximate surface area is 117 Å². The number of nitrogens with zero attached hydrogens (tertiary/aromatic N) is 4. The average Bonchev–Trinajstić information content (AvgIpc) is 2.69. The minimum Gasteiger partial charge on any atom is -0.302 e. The molecule has 2 heterocycles. The number of carbonyl (C=O) groups is 2. The molecule has 20 heavy (non-hydrogen) atoms. The van der Waals surface area contributed by atoms with E-state index in [4.69, 9.17) is 0 Å². The Morgan fingerprint density at radius 3 is 2.40 bits per heavy atom. The van der Waals surface area contributed by atoms with E-state index < -0.39 is 5.66 Å². The van der Waals surface area contributed by atoms with Gasteiger partial charge in [-0.3, -0.25) is 4.79 Å². The summed E-state index contributed by atoms with van der Waals surface area (Å²) in [4.78, 5) is 33.7. The first-order valence-corrected chi connectivity index (χ1v) is 6.42. The van der Waals surface area contributed by atoms with Crippen LogP contribution in [0.5, 0.6) is 0 Å². The van der Waals surface area contributed by atoms with Crippen molar-refractivity contribution in [1.82, 2.24) is 4.90 Å². The lowest BCUT2D eigenvalue weighted by atomic mass is 10.2. The molecule has 0 radical (unpaired) electrons. The Kier molecular flexibility index (Phi) is 2.41. The largest absolute Gasteiger partial charge is 0.333 e. The van der Waals surface area contributed by atoms with Crippen LogP contribution in [0.1, 0.15) is 20.8 Å². The summed E-state index contributed by atoms with van der Waals surface area (Å²) in [5.41, 5.74) is 0.700. The fraction of sp³-hybridized carbons (Fsp3) is 0.357. The summed E-state index contributed by atoms with van der Waals surface area (Å²) in [6, 6.07) is 7.13. The fourth-order valence-corrected chi connectivity index (χ4v) is 2.46. The van der Waals surface area contributed by atoms with Crippen LogP contribution in [0.2, 0.25) is 0 Å². The van der Waals surface area contributed by atoms with Crippen molar-refractivity contribution in [2.24, 2.45) is 4.99 Å². The van der Waals surface area contributed by atoms with Gasteiger partial charge in [0.2, 0.25) is 11.9 Å². The number of benzene rings is 1. The second-order valence-corrected chi connectivity index (χ2v) is 5.43. The van der Waals surface area contributed by atoms with Crippen LogP contribution in [-0.4, -0.2) is 35.5 Å². The lowest BCUT2D eigenvalue weighted by Crippen LogP contribution is -2.59. The molecule has 3 rings (SSSR count). The lowest BCUT2D eigenvalue weighted by Gasteiger charge is -2.40. The van der Waals surface area contributed by atoms with Crippen molar-refractivity contribution in [2.45, 2.75) is 26.4 Å². The third kappa shape index (κ3) is 1.47. The van der Waals surface area contributed by atoms with Crippen LogP contribution in [0.3, 0.4) is 0 Å². The first-order chi connectivity index (χ1) is 9.34. The van der Waals surface area contributed by atoms with Crippen molar-refractivity contribution >= 4 is 29.3 Å². The molecule has 3 amide bonds. The van der Waals surface area contributed by atoms with Crippen molar-refractivity contribution in [1.29, 1.82) is 0 Å². The maximum Gasteiger partial charge on any atom is 0.333 e. The first kappa shape index (κ1) is 12.7. The number of hydrogen-bond acceptors (Lipinski definition) is 3. The maximum atomic E-state index is 12.6. The van der Waals surface area contributed by atoms with E-state index in [0.717, 1.165) is 0 Å². The van der Waals surface area contributed by atoms with Crippen LogP contribution >= 0.6 is 0 Å². The Bertz CT molecular complexity index is 650. The number of amides is 3. The van der Waals surface area contributed by atoms with E-state index in [9.17, 15) is 9.59 Å². The van der Waals surface area contributed by atoms with E-state index in [0.29, 0.717) is 17.3 Å². The number of hydrogen-bond donors (Lipinski definition) is 0. The molecule has 104 valence electrons. The highest BCUT2D eigenvalue weighted by molar-refractivity contribution is 6.35. The van der Waals surface area contributed by atoms with E-state index >= 15 is 0 Å². The lowest BCUT2D eigenvalue weighted by molar-refractivity contribution is -0.115. The predicted molar refractivity (Wildman–Crippen MR) is 76.8 cm³/mol. The molecule has 1 aromatic carbocycles. The zero-order chi connectivity index (χ0) is 14.7. The second-order valence-electron chi connectivity index (χ2n) is 5.43. The standard InChI is InChI=1S/C14H16N4O2/c1-9(19)17-10-7-5-6-8-11(10)18-12(17)15-14(2,3)16(4)13(18)20/h5-8H,1-4H3. The number of rotatable bonds is 0. The number of anilines is 2. The molecular weight excluding hydrogens is 256 g/mol. The Morgan fingerprint density at radius 1 is 1.20 bits per heavy atom. The SMILES string of the molecule is CC(=O)N1C2=NC(C)(C)N(C)C(=O)N2c2ccccc21. The molecule has 6 heteroatoms. The van der Waals surface area contributed by atoms with Crippen LogP contribution in [-0.2, 0) is 4.79 Å². The summed E-state index contributed by atoms with van der Waals surface area (Å²) in [5, 5.41) is 0. The van der Waals surface area contributed by atoms with Gasteiger partial charge in [0.05, 0.1) is 11.4 Å². The minimum absolute atomic E-state index is 0.160. The van der Waals surface area contributed by atoms with Crippen molar-refractivity contribution < 1.29 is 9.59 Å². The number of aliphatic imine (C=N–C) groups is 1. The van der Waals surface area contributed by atoms with Crippen LogP contribution in [0.4, 0.5) is 16.2 Å². The number of urea groups is 1. The van der Waals surface area contributed by atoms with Gasteiger partial charge in [-0.25, -0.2) is 19.6 Å². The molecule has 0 saturated carbocycles. The van der Waals surface area contributed by atoms with Crippen LogP contribution in [0.15, 0.2) is 29.3 Å². The molecule has 0 saturated heterocycles. The zero-order valence-electron chi connectivity index (χ0n) is 11.9. The van der Waals surface area contributed by atoms with Gasteiger partial charge in [-0.2, -0.15) is 0 Å². The summed E-state index contributed by atoms with van der Waals surface area (Å²) in [6.45, 7) is 5.16. The van der Waals surface area contributed by atoms with Gasteiger partial charge in [0.1, 0.15) is 5.66 Å². The quantitative estimate of drug-likeness (QED) is 0.725. The Morgan fingerprint density at radius 2 is 1.80 bits per heavy atom. The van der Waals surface area contributed by atoms with Crippen LogP contribution < -0.4 is 9.80 Å². The molecule has 0 unspecified atom stereocenters. The van der Waals surface area contributed by atoms with Crippen LogP contribution in [0, 0.1) is 0 Å². The molecular formula is C14H16N4O2. The van der Waals surface area contributed by atoms with E-state index in [-0.39, 0.29) is 11.9 Å². The van der Waals surface area contributed by atoms with E-state index in [1.165, 1.54) is 16.7 Å². The molecule has 0 N–H and O–H groups in total. The van der Waals surface area contributed by atoms with Crippen LogP contribution in [0.25, 0.3) is 0 Å². The molecule has 1 aromatic rings. The smallest absolute Gasteiger partial charge is 0.302 e. The van der Waals surface area contributed by atoms with Gasteiger partial charge in [-0.1, -0.05) is 12.1 Å². The molecule has 2 aliphatic rings. The number of carbonyl (C=O) groups excluding carboxylic acids is 2. The molecule has 0 atom stereocenters. The number of guanidine groups is 1. The van der Waals surface area contributed by atoms with Crippen molar-refractivity contribution in [3.63, 3.8) is 0 Å². The summed E-state index contributed by atoms with van der Waals surface area (Å²) in [5.74, 6) is 0.221. The average molecular weight is 272 g/mol. The van der Waals surface area contributed by atoms with Crippen molar-refractivity contribution in [3.05, 3.63) is 24.3 Å². The normalized spacial score (nSPS) is 19.7. The maximum absolute atomic E-state index is 12.6. The van der Waals surface area contributed by atoms with Crippen molar-refractivity contribution in [3.8, 4) is 0 Å². The summed E-state index contributed by atoms with van der Waals surface area (Å²) >= 11 is 0. The van der Waals surface area contributed by atoms with Gasteiger partial charge >= 0.3 is 6.03 Å². The highest BCUT2D eigenvalue weighted by atomic mass is 16.2. The molecule has 6 nitrogen and oxygen atoms in total. The molecule has 0 spiro atoms. The van der Waals surface area contributed by atoms with Gasteiger partial charge < -0.3 is 4.90 Å². The molecule has 2 aliphatic heterocycles. The zero-order valence-corrected chi connectivity index (χ0v) is 11.9. The van der Waals surface area contributed by atoms with E-state index in [1.54, 1.807) is 11.9 Å². The Hall–Kier alpha value is -2.37. The summed E-state index contributed by atoms with van der Waals surface area (Å²) < 4.78 is 0. The molecule has 0 aliphatic carbocycles. The van der Waals surface area contributed by atoms with Gasteiger partial charge in [0.15, 0.2) is 0 Å². The van der Waals surface area contributed by atoms with E-state index in [2.05, 4.69) is 4.99 Å². The topological polar surface area (TPSA) is 56.2 Å². The molecule has 0 bridgehead atoms. The van der Waals surface area contributed by atoms with Gasteiger partial charge in [-0.15, -0.1) is 0 Å². The predicted octanol–water partition coefficient (Wildman–Crippen LogP) is 2.02. The molecule has 0 aromatic heterocycles. The Balaban J connectivity index is 2.27. The van der Waals surface area contributed by atoms with Gasteiger partial charge in [-0.05, 0) is 26.0 Å². The summed E-state index contributed by atoms with van der Waals surface area (Å²) in [6.07, 6.45) is 0. The molecule has 0 fully saturated rings. The van der Waals surface area contributed by atoms with E-state index in [1.807, 2.05) is 38.1 Å². The van der Waals surface area contributed by atoms with Crippen molar-refractivity contribution in [2.75, 3.05) is 16.8 Å². The monoisotopic (exact) mass is 272 g/mol. The third-order valence-electron chi connectivity index (χ3n) is 3.75. The highest BCUT2D eigenvalue weighted by Crippen LogP contribution is 2.41. The second kappa shape index (κ2) is 3.82. The minimum atomic E-state index is -0.682. The first-order valence-electron chi connectivity index (χ1n) is 6.42. The summed E-state index contributed by atoms with van der Waals surface area (Å²) in [7, 11) is 1.71. The van der Waals surface area contributed by atoms with Gasteiger partial charge in [0, 0.05) is 14.0 Å². The van der Waals surface area contributed by atoms with Gasteiger partial charge in [0.25, 0.3) is 0 Å². The highest BCUT2D eigenvalue weighted by Gasteiger charge is 2.47. The third-order valence-corrected chi connectivity index (χ3v) is 3.75.